The summed E-state index contributed by atoms with van der Waals surface area (Å²) in [6.07, 6.45) is 5.76. The summed E-state index contributed by atoms with van der Waals surface area (Å²) in [5, 5.41) is 2.69. The van der Waals surface area contributed by atoms with Crippen molar-refractivity contribution < 1.29 is 9.22 Å². The van der Waals surface area contributed by atoms with Crippen LogP contribution in [0.15, 0.2) is 71.8 Å². The number of carbonyl (C=O) groups is 1. The van der Waals surface area contributed by atoms with Crippen molar-refractivity contribution in [2.24, 2.45) is 34.5 Å². The van der Waals surface area contributed by atoms with Gasteiger partial charge in [0.1, 0.15) is 5.78 Å². The number of Topliss-reactive ketones (excluding diaryl/α,β-unsaturated/α-hetero) is 1. The van der Waals surface area contributed by atoms with Crippen LogP contribution < -0.4 is 10.4 Å². The van der Waals surface area contributed by atoms with Crippen LogP contribution in [0.2, 0.25) is 5.04 Å². The van der Waals surface area contributed by atoms with E-state index in [4.69, 9.17) is 4.43 Å². The highest BCUT2D eigenvalue weighted by molar-refractivity contribution is 6.99. The van der Waals surface area contributed by atoms with E-state index in [0.29, 0.717) is 17.6 Å². The molecule has 0 aliphatic heterocycles. The Labute approximate surface area is 231 Å². The maximum absolute atomic E-state index is 13.8. The van der Waals surface area contributed by atoms with E-state index in [1.807, 2.05) is 0 Å². The molecule has 0 bridgehead atoms. The molecule has 0 saturated heterocycles. The Morgan fingerprint density at radius 1 is 0.842 bits per heavy atom. The minimum Gasteiger partial charge on any atom is -0.404 e. The topological polar surface area (TPSA) is 26.3 Å². The zero-order chi connectivity index (χ0) is 27.1. The largest absolute Gasteiger partial charge is 0.404 e. The van der Waals surface area contributed by atoms with E-state index in [2.05, 4.69) is 109 Å². The molecule has 3 heteroatoms. The van der Waals surface area contributed by atoms with E-state index in [1.165, 1.54) is 16.8 Å². The lowest BCUT2D eigenvalue weighted by Gasteiger charge is -2.59. The molecule has 0 spiro atoms. The van der Waals surface area contributed by atoms with Crippen molar-refractivity contribution in [2.45, 2.75) is 91.7 Å². The molecule has 7 atom stereocenters. The van der Waals surface area contributed by atoms with Gasteiger partial charge in [0.15, 0.2) is 0 Å². The van der Waals surface area contributed by atoms with Crippen molar-refractivity contribution in [1.29, 1.82) is 0 Å². The number of hydrogen-bond donors (Lipinski definition) is 0. The van der Waals surface area contributed by atoms with Crippen LogP contribution in [0.3, 0.4) is 0 Å². The first-order valence-electron chi connectivity index (χ1n) is 15.0. The summed E-state index contributed by atoms with van der Waals surface area (Å²) in [6, 6.07) is 22.3. The third kappa shape index (κ3) is 3.50. The first-order valence-corrected chi connectivity index (χ1v) is 16.9. The molecule has 0 heterocycles. The summed E-state index contributed by atoms with van der Waals surface area (Å²) in [7, 11) is -2.69. The van der Waals surface area contributed by atoms with Gasteiger partial charge in [-0.15, -0.1) is 0 Å². The molecule has 6 rings (SSSR count). The minimum absolute atomic E-state index is 0.00313. The third-order valence-corrected chi connectivity index (χ3v) is 16.4. The second kappa shape index (κ2) is 8.76. The zero-order valence-corrected chi connectivity index (χ0v) is 25.5. The molecular formula is C35H46O2Si. The van der Waals surface area contributed by atoms with Crippen molar-refractivity contribution in [2.75, 3.05) is 0 Å². The molecule has 4 aliphatic rings. The van der Waals surface area contributed by atoms with Crippen LogP contribution in [-0.2, 0) is 9.22 Å². The number of hydrogen-bond acceptors (Lipinski definition) is 2. The summed E-state index contributed by atoms with van der Waals surface area (Å²) in [5.74, 6) is 1.65. The number of carbonyl (C=O) groups excluding carboxylic acids is 1. The van der Waals surface area contributed by atoms with Gasteiger partial charge in [-0.05, 0) is 64.8 Å². The lowest BCUT2D eigenvalue weighted by Crippen LogP contribution is -2.69. The molecule has 2 saturated carbocycles. The van der Waals surface area contributed by atoms with Gasteiger partial charge in [-0.3, -0.25) is 4.79 Å². The molecule has 0 N–H and O–H groups in total. The average Bonchev–Trinajstić information content (AvgIpc) is 3.25. The molecule has 2 nitrogen and oxygen atoms in total. The second-order valence-corrected chi connectivity index (χ2v) is 18.9. The predicted octanol–water partition coefficient (Wildman–Crippen LogP) is 7.32. The Balaban J connectivity index is 1.56. The Bertz CT molecular complexity index is 1220. The Kier molecular flexibility index (Phi) is 6.06. The number of allylic oxidation sites excluding steroid dienone is 1. The van der Waals surface area contributed by atoms with Crippen LogP contribution in [0.4, 0.5) is 0 Å². The molecule has 38 heavy (non-hydrogen) atoms. The highest BCUT2D eigenvalue weighted by Crippen LogP contribution is 2.68. The lowest BCUT2D eigenvalue weighted by atomic mass is 9.48. The first kappa shape index (κ1) is 26.3. The normalized spacial score (nSPS) is 36.8. The fourth-order valence-electron chi connectivity index (χ4n) is 9.33. The van der Waals surface area contributed by atoms with Crippen LogP contribution in [0.25, 0.3) is 0 Å². The monoisotopic (exact) mass is 526 g/mol. The minimum atomic E-state index is -2.69. The number of ketones is 1. The van der Waals surface area contributed by atoms with Crippen molar-refractivity contribution in [1.82, 2.24) is 0 Å². The van der Waals surface area contributed by atoms with Gasteiger partial charge in [0.05, 0.1) is 6.10 Å². The van der Waals surface area contributed by atoms with Crippen molar-refractivity contribution in [3.8, 4) is 0 Å². The Morgan fingerprint density at radius 3 is 1.97 bits per heavy atom. The predicted molar refractivity (Wildman–Crippen MR) is 159 cm³/mol. The molecule has 0 aromatic heterocycles. The van der Waals surface area contributed by atoms with Gasteiger partial charge >= 0.3 is 0 Å². The SMILES string of the molecule is C[C@@H]1C(=O)[C@@H]2C3=C4[C@H]1CC[C@]4(C)[C@@H](O[Si](c1ccccc1)(c1ccccc1)C(C)(C)C)C[C@]3(C)CC[C@@H]2C. The molecule has 2 fully saturated rings. The van der Waals surface area contributed by atoms with Gasteiger partial charge in [-0.2, -0.15) is 0 Å². The molecule has 4 aliphatic carbocycles. The van der Waals surface area contributed by atoms with Crippen molar-refractivity contribution in [3.63, 3.8) is 0 Å². The van der Waals surface area contributed by atoms with Crippen LogP contribution in [0, 0.1) is 34.5 Å². The fraction of sp³-hybridized carbons (Fsp3) is 0.571. The average molecular weight is 527 g/mol. The number of benzene rings is 2. The van der Waals surface area contributed by atoms with Crippen LogP contribution in [-0.4, -0.2) is 20.2 Å². The molecule has 2 aromatic rings. The smallest absolute Gasteiger partial charge is 0.261 e. The van der Waals surface area contributed by atoms with Gasteiger partial charge in [0.25, 0.3) is 8.32 Å². The van der Waals surface area contributed by atoms with E-state index < -0.39 is 8.32 Å². The van der Waals surface area contributed by atoms with Crippen LogP contribution in [0.5, 0.6) is 0 Å². The molecular weight excluding hydrogens is 480 g/mol. The summed E-state index contributed by atoms with van der Waals surface area (Å²) in [4.78, 5) is 13.8. The summed E-state index contributed by atoms with van der Waals surface area (Å²) in [5.41, 5.74) is 3.27. The van der Waals surface area contributed by atoms with Gasteiger partial charge in [0.2, 0.25) is 0 Å². The van der Waals surface area contributed by atoms with Gasteiger partial charge in [0, 0.05) is 17.3 Å². The standard InChI is InChI=1S/C35H46O2Si/c1-23-18-20-34(6)22-28(35(7)21-19-27-24(2)32(36)29(23)31(34)30(27)35)37-38(33(3,4)5,25-14-10-8-11-15-25)26-16-12-9-13-17-26/h8-17,23-24,27-29H,18-22H2,1-7H3/t23-,24-,27-,28-,29-,34-,35+/m0/s1. The third-order valence-electron chi connectivity index (χ3n) is 11.4. The maximum atomic E-state index is 13.8. The van der Waals surface area contributed by atoms with E-state index >= 15 is 0 Å². The summed E-state index contributed by atoms with van der Waals surface area (Å²) in [6.45, 7) is 16.7. The van der Waals surface area contributed by atoms with Crippen LogP contribution >= 0.6 is 0 Å². The summed E-state index contributed by atoms with van der Waals surface area (Å²) >= 11 is 0. The summed E-state index contributed by atoms with van der Waals surface area (Å²) < 4.78 is 7.96. The highest BCUT2D eigenvalue weighted by Gasteiger charge is 2.64. The van der Waals surface area contributed by atoms with Gasteiger partial charge < -0.3 is 4.43 Å². The molecule has 202 valence electrons. The molecule has 0 unspecified atom stereocenters. The maximum Gasteiger partial charge on any atom is 0.261 e. The van der Waals surface area contributed by atoms with E-state index in [9.17, 15) is 4.79 Å². The zero-order valence-electron chi connectivity index (χ0n) is 24.5. The highest BCUT2D eigenvalue weighted by atomic mass is 28.4. The molecule has 0 amide bonds. The first-order chi connectivity index (χ1) is 17.9. The van der Waals surface area contributed by atoms with Gasteiger partial charge in [-0.1, -0.05) is 120 Å². The molecule has 0 radical (unpaired) electrons. The van der Waals surface area contributed by atoms with Gasteiger partial charge in [-0.25, -0.2) is 0 Å². The van der Waals surface area contributed by atoms with Crippen molar-refractivity contribution in [3.05, 3.63) is 71.8 Å². The Morgan fingerprint density at radius 2 is 1.42 bits per heavy atom. The Hall–Kier alpha value is -1.97. The lowest BCUT2D eigenvalue weighted by molar-refractivity contribution is -0.131. The van der Waals surface area contributed by atoms with E-state index in [-0.39, 0.29) is 33.8 Å². The quantitative estimate of drug-likeness (QED) is 0.308. The van der Waals surface area contributed by atoms with E-state index in [1.54, 1.807) is 11.1 Å². The van der Waals surface area contributed by atoms with E-state index in [0.717, 1.165) is 25.7 Å². The molecule has 2 aromatic carbocycles. The van der Waals surface area contributed by atoms with Crippen LogP contribution in [0.1, 0.15) is 80.6 Å². The van der Waals surface area contributed by atoms with Crippen molar-refractivity contribution >= 4 is 24.5 Å². The fourth-order valence-corrected chi connectivity index (χ4v) is 14.1. The number of rotatable bonds is 4. The second-order valence-electron chi connectivity index (χ2n) is 14.6.